The van der Waals surface area contributed by atoms with Gasteiger partial charge in [-0.25, -0.2) is 8.78 Å². The smallest absolute Gasteiger partial charge is 0.268 e. The van der Waals surface area contributed by atoms with Crippen molar-refractivity contribution in [2.24, 2.45) is 0 Å². The zero-order valence-electron chi connectivity index (χ0n) is 7.42. The SMILES string of the molecule is Cc1csc2ccc(O)c(C(F)F)c12. The average molecular weight is 214 g/mol. The number of phenols is 1. The van der Waals surface area contributed by atoms with Gasteiger partial charge in [-0.05, 0) is 30.0 Å². The minimum atomic E-state index is -2.63. The Bertz CT molecular complexity index is 476. The van der Waals surface area contributed by atoms with Crippen LogP contribution in [-0.2, 0) is 0 Å². The first kappa shape index (κ1) is 9.40. The summed E-state index contributed by atoms with van der Waals surface area (Å²) in [7, 11) is 0. The van der Waals surface area contributed by atoms with Gasteiger partial charge in [0.05, 0.1) is 5.56 Å². The third-order valence-electron chi connectivity index (χ3n) is 2.16. The number of fused-ring (bicyclic) bond motifs is 1. The molecule has 14 heavy (non-hydrogen) atoms. The molecule has 0 atom stereocenters. The van der Waals surface area contributed by atoms with Gasteiger partial charge < -0.3 is 5.11 Å². The van der Waals surface area contributed by atoms with Crippen LogP contribution in [0.15, 0.2) is 17.5 Å². The predicted octanol–water partition coefficient (Wildman–Crippen LogP) is 3.85. The van der Waals surface area contributed by atoms with E-state index in [1.807, 2.05) is 5.38 Å². The highest BCUT2D eigenvalue weighted by molar-refractivity contribution is 7.17. The second-order valence-corrected chi connectivity index (χ2v) is 4.00. The molecule has 0 saturated heterocycles. The van der Waals surface area contributed by atoms with Gasteiger partial charge in [-0.2, -0.15) is 0 Å². The molecule has 1 nitrogen and oxygen atoms in total. The minimum Gasteiger partial charge on any atom is -0.507 e. The molecule has 0 unspecified atom stereocenters. The summed E-state index contributed by atoms with van der Waals surface area (Å²) in [5.74, 6) is -0.325. The van der Waals surface area contributed by atoms with Gasteiger partial charge >= 0.3 is 0 Å². The monoisotopic (exact) mass is 214 g/mol. The lowest BCUT2D eigenvalue weighted by Gasteiger charge is -2.05. The molecule has 0 saturated carbocycles. The number of phenolic OH excluding ortho intramolecular Hbond substituents is 1. The van der Waals surface area contributed by atoms with Gasteiger partial charge in [0.1, 0.15) is 5.75 Å². The van der Waals surface area contributed by atoms with E-state index in [1.54, 1.807) is 13.0 Å². The largest absolute Gasteiger partial charge is 0.507 e. The Morgan fingerprint density at radius 2 is 2.07 bits per heavy atom. The van der Waals surface area contributed by atoms with E-state index >= 15 is 0 Å². The maximum atomic E-state index is 12.7. The van der Waals surface area contributed by atoms with E-state index < -0.39 is 6.43 Å². The van der Waals surface area contributed by atoms with Crippen LogP contribution in [0.25, 0.3) is 10.1 Å². The van der Waals surface area contributed by atoms with E-state index in [-0.39, 0.29) is 11.3 Å². The van der Waals surface area contributed by atoms with Crippen LogP contribution in [0.4, 0.5) is 8.78 Å². The van der Waals surface area contributed by atoms with Crippen molar-refractivity contribution < 1.29 is 13.9 Å². The molecule has 0 aliphatic rings. The third-order valence-corrected chi connectivity index (χ3v) is 3.23. The quantitative estimate of drug-likeness (QED) is 0.764. The van der Waals surface area contributed by atoms with Crippen LogP contribution in [-0.4, -0.2) is 5.11 Å². The molecule has 0 radical (unpaired) electrons. The number of benzene rings is 1. The number of rotatable bonds is 1. The maximum absolute atomic E-state index is 12.7. The summed E-state index contributed by atoms with van der Waals surface area (Å²) in [5.41, 5.74) is 0.539. The van der Waals surface area contributed by atoms with Crippen molar-refractivity contribution >= 4 is 21.4 Å². The Morgan fingerprint density at radius 1 is 1.36 bits per heavy atom. The summed E-state index contributed by atoms with van der Waals surface area (Å²) in [5, 5.41) is 11.7. The van der Waals surface area contributed by atoms with Gasteiger partial charge in [-0.1, -0.05) is 0 Å². The Kier molecular flexibility index (Phi) is 2.15. The molecule has 1 heterocycles. The van der Waals surface area contributed by atoms with E-state index in [1.165, 1.54) is 17.4 Å². The van der Waals surface area contributed by atoms with E-state index in [9.17, 15) is 13.9 Å². The van der Waals surface area contributed by atoms with E-state index in [2.05, 4.69) is 0 Å². The van der Waals surface area contributed by atoms with Gasteiger partial charge in [-0.3, -0.25) is 0 Å². The van der Waals surface area contributed by atoms with E-state index in [0.29, 0.717) is 5.39 Å². The second kappa shape index (κ2) is 3.20. The van der Waals surface area contributed by atoms with Gasteiger partial charge in [0.2, 0.25) is 0 Å². The molecule has 74 valence electrons. The number of hydrogen-bond donors (Lipinski definition) is 1. The van der Waals surface area contributed by atoms with Crippen molar-refractivity contribution in [1.82, 2.24) is 0 Å². The summed E-state index contributed by atoms with van der Waals surface area (Å²) in [4.78, 5) is 0. The minimum absolute atomic E-state index is 0.249. The molecular weight excluding hydrogens is 206 g/mol. The molecular formula is C10H8F2OS. The lowest BCUT2D eigenvalue weighted by Crippen LogP contribution is -1.87. The summed E-state index contributed by atoms with van der Waals surface area (Å²) in [6.07, 6.45) is -2.63. The molecule has 2 aromatic rings. The topological polar surface area (TPSA) is 20.2 Å². The third kappa shape index (κ3) is 1.26. The van der Waals surface area contributed by atoms with Crippen LogP contribution in [0.1, 0.15) is 17.6 Å². The molecule has 0 aliphatic heterocycles. The van der Waals surface area contributed by atoms with Gasteiger partial charge in [-0.15, -0.1) is 11.3 Å². The van der Waals surface area contributed by atoms with Crippen LogP contribution in [0.5, 0.6) is 5.75 Å². The van der Waals surface area contributed by atoms with Crippen molar-refractivity contribution in [2.45, 2.75) is 13.3 Å². The van der Waals surface area contributed by atoms with Gasteiger partial charge in [0.25, 0.3) is 6.43 Å². The Labute approximate surface area is 83.6 Å². The van der Waals surface area contributed by atoms with Crippen LogP contribution < -0.4 is 0 Å². The Hall–Kier alpha value is -1.16. The molecule has 1 aromatic carbocycles. The van der Waals surface area contributed by atoms with Gasteiger partial charge in [0, 0.05) is 10.1 Å². The lowest BCUT2D eigenvalue weighted by molar-refractivity contribution is 0.149. The van der Waals surface area contributed by atoms with Crippen molar-refractivity contribution in [3.05, 3.63) is 28.6 Å². The number of aromatic hydroxyl groups is 1. The zero-order valence-corrected chi connectivity index (χ0v) is 8.24. The number of hydrogen-bond acceptors (Lipinski definition) is 2. The van der Waals surface area contributed by atoms with E-state index in [0.717, 1.165) is 10.3 Å². The fourth-order valence-electron chi connectivity index (χ4n) is 1.53. The number of halogens is 2. The molecule has 0 amide bonds. The standard InChI is InChI=1S/C10H8F2OS/c1-5-4-14-7-3-2-6(13)9(8(5)7)10(11)12/h2-4,10,13H,1H3. The fourth-order valence-corrected chi connectivity index (χ4v) is 2.48. The highest BCUT2D eigenvalue weighted by atomic mass is 32.1. The van der Waals surface area contributed by atoms with Gasteiger partial charge in [0.15, 0.2) is 0 Å². The van der Waals surface area contributed by atoms with E-state index in [4.69, 9.17) is 0 Å². The predicted molar refractivity (Wildman–Crippen MR) is 53.2 cm³/mol. The summed E-state index contributed by atoms with van der Waals surface area (Å²) >= 11 is 1.41. The Morgan fingerprint density at radius 3 is 2.71 bits per heavy atom. The molecule has 2 rings (SSSR count). The highest BCUT2D eigenvalue weighted by Gasteiger charge is 2.18. The van der Waals surface area contributed by atoms with Crippen LogP contribution in [0.3, 0.4) is 0 Å². The van der Waals surface area contributed by atoms with Crippen LogP contribution >= 0.6 is 11.3 Å². The molecule has 1 aromatic heterocycles. The first-order valence-corrected chi connectivity index (χ1v) is 4.97. The second-order valence-electron chi connectivity index (χ2n) is 3.09. The van der Waals surface area contributed by atoms with Crippen LogP contribution in [0.2, 0.25) is 0 Å². The van der Waals surface area contributed by atoms with Crippen molar-refractivity contribution in [3.63, 3.8) is 0 Å². The van der Waals surface area contributed by atoms with Crippen molar-refractivity contribution in [1.29, 1.82) is 0 Å². The normalized spacial score (nSPS) is 11.4. The first-order valence-electron chi connectivity index (χ1n) is 4.09. The molecule has 0 bridgehead atoms. The number of aryl methyl sites for hydroxylation is 1. The molecule has 1 N–H and O–H groups in total. The van der Waals surface area contributed by atoms with Crippen molar-refractivity contribution in [3.8, 4) is 5.75 Å². The number of thiophene rings is 1. The molecule has 0 aliphatic carbocycles. The first-order chi connectivity index (χ1) is 6.61. The summed E-state index contributed by atoms with van der Waals surface area (Å²) < 4.78 is 26.1. The summed E-state index contributed by atoms with van der Waals surface area (Å²) in [6.45, 7) is 1.77. The summed E-state index contributed by atoms with van der Waals surface area (Å²) in [6, 6.07) is 2.98. The Balaban J connectivity index is 2.87. The van der Waals surface area contributed by atoms with Crippen molar-refractivity contribution in [2.75, 3.05) is 0 Å². The fraction of sp³-hybridized carbons (Fsp3) is 0.200. The molecule has 4 heteroatoms. The maximum Gasteiger partial charge on any atom is 0.268 e. The number of alkyl halides is 2. The molecule has 0 fully saturated rings. The lowest BCUT2D eigenvalue weighted by atomic mass is 10.1. The molecule has 0 spiro atoms. The average Bonchev–Trinajstić information content (AvgIpc) is 2.47. The van der Waals surface area contributed by atoms with Crippen LogP contribution in [0, 0.1) is 6.92 Å². The highest BCUT2D eigenvalue weighted by Crippen LogP contribution is 2.39. The zero-order chi connectivity index (χ0) is 10.3.